The van der Waals surface area contributed by atoms with Crippen LogP contribution in [0.15, 0.2) is 24.3 Å². The van der Waals surface area contributed by atoms with Crippen molar-refractivity contribution in [1.29, 1.82) is 0 Å². The van der Waals surface area contributed by atoms with Crippen LogP contribution in [0.25, 0.3) is 0 Å². The van der Waals surface area contributed by atoms with Crippen molar-refractivity contribution in [3.63, 3.8) is 0 Å². The van der Waals surface area contributed by atoms with Crippen LogP contribution in [0.5, 0.6) is 0 Å². The average molecular weight is 335 g/mol. The van der Waals surface area contributed by atoms with Crippen molar-refractivity contribution in [2.24, 2.45) is 5.92 Å². The minimum Gasteiger partial charge on any atom is -0.316 e. The summed E-state index contributed by atoms with van der Waals surface area (Å²) in [6.07, 6.45) is 0. The summed E-state index contributed by atoms with van der Waals surface area (Å²) in [5.41, 5.74) is 1.18. The van der Waals surface area contributed by atoms with Gasteiger partial charge in [0.25, 0.3) is 0 Å². The molecule has 4 heteroatoms. The van der Waals surface area contributed by atoms with Crippen molar-refractivity contribution in [1.82, 2.24) is 5.32 Å². The molecule has 1 aliphatic rings. The Kier molecular flexibility index (Phi) is 4.16. The van der Waals surface area contributed by atoms with E-state index in [-0.39, 0.29) is 0 Å². The van der Waals surface area contributed by atoms with Crippen LogP contribution in [0.4, 0.5) is 0 Å². The van der Waals surface area contributed by atoms with Gasteiger partial charge in [-0.05, 0) is 46.2 Å². The lowest BCUT2D eigenvalue weighted by atomic mass is 10.1. The van der Waals surface area contributed by atoms with Gasteiger partial charge in [0.15, 0.2) is 0 Å². The molecule has 0 saturated carbocycles. The molecule has 0 spiro atoms. The molecule has 15 heavy (non-hydrogen) atoms. The predicted octanol–water partition coefficient (Wildman–Crippen LogP) is 1.76. The van der Waals surface area contributed by atoms with E-state index < -0.39 is 10.8 Å². The molecule has 0 aliphatic carbocycles. The summed E-state index contributed by atoms with van der Waals surface area (Å²) >= 11 is 2.28. The topological polar surface area (TPSA) is 29.1 Å². The summed E-state index contributed by atoms with van der Waals surface area (Å²) < 4.78 is 13.0. The Morgan fingerprint density at radius 1 is 1.33 bits per heavy atom. The van der Waals surface area contributed by atoms with Crippen LogP contribution in [0.3, 0.4) is 0 Å². The first-order valence-corrected chi connectivity index (χ1v) is 7.61. The standard InChI is InChI=1S/C11H14INOS/c12-11-3-1-9(2-4-11)7-15(14)8-10-5-13-6-10/h1-4,10,13H,5-8H2. The highest BCUT2D eigenvalue weighted by molar-refractivity contribution is 14.1. The second-order valence-corrected chi connectivity index (χ2v) is 6.65. The molecule has 1 heterocycles. The Balaban J connectivity index is 1.84. The molecule has 1 saturated heterocycles. The highest BCUT2D eigenvalue weighted by Crippen LogP contribution is 2.11. The quantitative estimate of drug-likeness (QED) is 0.850. The van der Waals surface area contributed by atoms with E-state index in [1.165, 1.54) is 9.13 Å². The molecule has 1 N–H and O–H groups in total. The summed E-state index contributed by atoms with van der Waals surface area (Å²) in [4.78, 5) is 0. The number of benzene rings is 1. The first-order chi connectivity index (χ1) is 7.24. The lowest BCUT2D eigenvalue weighted by Crippen LogP contribution is -2.44. The smallest absolute Gasteiger partial charge is 0.0485 e. The summed E-state index contributed by atoms with van der Waals surface area (Å²) in [6, 6.07) is 8.27. The first kappa shape index (κ1) is 11.5. The molecule has 1 aliphatic heterocycles. The van der Waals surface area contributed by atoms with E-state index in [0.29, 0.717) is 11.7 Å². The molecule has 1 atom stereocenters. The highest BCUT2D eigenvalue weighted by atomic mass is 127. The highest BCUT2D eigenvalue weighted by Gasteiger charge is 2.19. The van der Waals surface area contributed by atoms with Gasteiger partial charge in [0.2, 0.25) is 0 Å². The molecule has 0 amide bonds. The van der Waals surface area contributed by atoms with E-state index >= 15 is 0 Å². The van der Waals surface area contributed by atoms with Crippen molar-refractivity contribution in [3.05, 3.63) is 33.4 Å². The average Bonchev–Trinajstić information content (AvgIpc) is 2.16. The molecule has 1 aromatic rings. The van der Waals surface area contributed by atoms with Gasteiger partial charge in [0, 0.05) is 39.0 Å². The van der Waals surface area contributed by atoms with Crippen molar-refractivity contribution in [3.8, 4) is 0 Å². The molecular formula is C11H14INOS. The Bertz CT molecular complexity index is 348. The van der Waals surface area contributed by atoms with Crippen LogP contribution in [-0.2, 0) is 16.6 Å². The minimum absolute atomic E-state index is 0.634. The maximum absolute atomic E-state index is 11.8. The zero-order chi connectivity index (χ0) is 10.7. The van der Waals surface area contributed by atoms with Crippen molar-refractivity contribution in [2.75, 3.05) is 18.8 Å². The van der Waals surface area contributed by atoms with Crippen molar-refractivity contribution in [2.45, 2.75) is 5.75 Å². The molecule has 0 aromatic heterocycles. The maximum Gasteiger partial charge on any atom is 0.0485 e. The third-order valence-electron chi connectivity index (χ3n) is 2.53. The monoisotopic (exact) mass is 335 g/mol. The zero-order valence-electron chi connectivity index (χ0n) is 8.41. The predicted molar refractivity (Wildman–Crippen MR) is 72.2 cm³/mol. The van der Waals surface area contributed by atoms with Gasteiger partial charge in [0.05, 0.1) is 0 Å². The van der Waals surface area contributed by atoms with Crippen LogP contribution in [-0.4, -0.2) is 23.1 Å². The number of nitrogens with one attached hydrogen (secondary N) is 1. The van der Waals surface area contributed by atoms with Gasteiger partial charge in [-0.15, -0.1) is 0 Å². The van der Waals surface area contributed by atoms with Gasteiger partial charge in [0.1, 0.15) is 0 Å². The second-order valence-electron chi connectivity index (χ2n) is 3.90. The molecule has 2 nitrogen and oxygen atoms in total. The fourth-order valence-electron chi connectivity index (χ4n) is 1.55. The van der Waals surface area contributed by atoms with Gasteiger partial charge in [-0.25, -0.2) is 0 Å². The minimum atomic E-state index is -0.699. The molecule has 1 aromatic carbocycles. The van der Waals surface area contributed by atoms with E-state index in [2.05, 4.69) is 52.2 Å². The van der Waals surface area contributed by atoms with Crippen molar-refractivity contribution >= 4 is 33.4 Å². The Hall–Kier alpha value is 0.0600. The van der Waals surface area contributed by atoms with E-state index in [4.69, 9.17) is 0 Å². The molecule has 82 valence electrons. The van der Waals surface area contributed by atoms with Gasteiger partial charge >= 0.3 is 0 Å². The molecule has 0 radical (unpaired) electrons. The van der Waals surface area contributed by atoms with E-state index in [0.717, 1.165) is 18.8 Å². The number of halogens is 1. The third-order valence-corrected chi connectivity index (χ3v) is 4.75. The first-order valence-electron chi connectivity index (χ1n) is 5.04. The third kappa shape index (κ3) is 3.53. The fraction of sp³-hybridized carbons (Fsp3) is 0.455. The molecule has 1 fully saturated rings. The Labute approximate surface area is 106 Å². The summed E-state index contributed by atoms with van der Waals surface area (Å²) in [6.45, 7) is 2.08. The van der Waals surface area contributed by atoms with Crippen LogP contribution in [0, 0.1) is 9.49 Å². The molecule has 2 rings (SSSR count). The largest absolute Gasteiger partial charge is 0.316 e. The molecular weight excluding hydrogens is 321 g/mol. The van der Waals surface area contributed by atoms with Gasteiger partial charge < -0.3 is 5.32 Å². The lowest BCUT2D eigenvalue weighted by Gasteiger charge is -2.26. The van der Waals surface area contributed by atoms with Gasteiger partial charge in [-0.1, -0.05) is 12.1 Å². The maximum atomic E-state index is 11.8. The SMILES string of the molecule is O=S(Cc1ccc(I)cc1)CC1CNC1. The summed E-state index contributed by atoms with van der Waals surface area (Å²) in [5.74, 6) is 2.18. The normalized spacial score (nSPS) is 18.5. The zero-order valence-corrected chi connectivity index (χ0v) is 11.4. The van der Waals surface area contributed by atoms with Crippen LogP contribution >= 0.6 is 22.6 Å². The lowest BCUT2D eigenvalue weighted by molar-refractivity contribution is 0.382. The Morgan fingerprint density at radius 2 is 2.00 bits per heavy atom. The molecule has 0 bridgehead atoms. The van der Waals surface area contributed by atoms with Crippen LogP contribution < -0.4 is 5.32 Å². The second kappa shape index (κ2) is 5.41. The van der Waals surface area contributed by atoms with Crippen LogP contribution in [0.2, 0.25) is 0 Å². The Morgan fingerprint density at radius 3 is 2.53 bits per heavy atom. The van der Waals surface area contributed by atoms with E-state index in [9.17, 15) is 4.21 Å². The number of hydrogen-bond acceptors (Lipinski definition) is 2. The number of rotatable bonds is 4. The molecule has 1 unspecified atom stereocenters. The van der Waals surface area contributed by atoms with E-state index in [1.807, 2.05) is 0 Å². The van der Waals surface area contributed by atoms with Gasteiger partial charge in [-0.2, -0.15) is 0 Å². The fourth-order valence-corrected chi connectivity index (χ4v) is 3.36. The summed E-state index contributed by atoms with van der Waals surface area (Å²) in [5, 5.41) is 3.20. The number of hydrogen-bond donors (Lipinski definition) is 1. The van der Waals surface area contributed by atoms with Gasteiger partial charge in [-0.3, -0.25) is 4.21 Å². The van der Waals surface area contributed by atoms with E-state index in [1.54, 1.807) is 0 Å². The van der Waals surface area contributed by atoms with Crippen LogP contribution in [0.1, 0.15) is 5.56 Å². The van der Waals surface area contributed by atoms with Crippen molar-refractivity contribution < 1.29 is 4.21 Å². The summed E-state index contributed by atoms with van der Waals surface area (Å²) in [7, 11) is -0.699.